The highest BCUT2D eigenvalue weighted by molar-refractivity contribution is 5.89. The van der Waals surface area contributed by atoms with Gasteiger partial charge in [0.25, 0.3) is 0 Å². The quantitative estimate of drug-likeness (QED) is 0.355. The number of Topliss-reactive ketones (excluding diaryl/α,β-unsaturated/α-hetero) is 1. The lowest BCUT2D eigenvalue weighted by molar-refractivity contribution is -0.121. The molecular weight excluding hydrogens is 120 g/mol. The maximum atomic E-state index is 10.7. The molecule has 0 radical (unpaired) electrons. The van der Waals surface area contributed by atoms with Crippen LogP contribution in [0.25, 0.3) is 0 Å². The van der Waals surface area contributed by atoms with Crippen molar-refractivity contribution in [3.05, 3.63) is 0 Å². The topological polar surface area (TPSA) is 81.6 Å². The summed E-state index contributed by atoms with van der Waals surface area (Å²) < 4.78 is 4.83. The fourth-order valence-corrected chi connectivity index (χ4v) is 0.674. The smallest absolute Gasteiger partial charge is 0.195 e. The van der Waals surface area contributed by atoms with Gasteiger partial charge < -0.3 is 16.2 Å². The first-order chi connectivity index (χ1) is 4.13. The van der Waals surface area contributed by atoms with Crippen LogP contribution in [0, 0.1) is 0 Å². The van der Waals surface area contributed by atoms with E-state index in [-0.39, 0.29) is 18.0 Å². The minimum atomic E-state index is -0.875. The molecule has 4 N–H and O–H groups in total. The first-order valence-corrected chi connectivity index (χ1v) is 2.83. The largest absolute Gasteiger partial charge is 0.361 e. The fourth-order valence-electron chi connectivity index (χ4n) is 0.674. The van der Waals surface area contributed by atoms with E-state index in [2.05, 4.69) is 0 Å². The van der Waals surface area contributed by atoms with E-state index >= 15 is 0 Å². The lowest BCUT2D eigenvalue weighted by Gasteiger charge is -1.97. The number of carbonyl (C=O) groups excluding carboxylic acids is 1. The van der Waals surface area contributed by atoms with Crippen LogP contribution in [0.4, 0.5) is 0 Å². The molecule has 0 amide bonds. The summed E-state index contributed by atoms with van der Waals surface area (Å²) in [6.45, 7) is 1.81. The van der Waals surface area contributed by atoms with Gasteiger partial charge in [0, 0.05) is 0 Å². The van der Waals surface area contributed by atoms with Crippen LogP contribution in [0.15, 0.2) is 0 Å². The van der Waals surface area contributed by atoms with Gasteiger partial charge in [-0.25, -0.2) is 0 Å². The van der Waals surface area contributed by atoms with Gasteiger partial charge in [0.2, 0.25) is 0 Å². The maximum Gasteiger partial charge on any atom is 0.195 e. The molecule has 1 aliphatic heterocycles. The summed E-state index contributed by atoms with van der Waals surface area (Å²) in [4.78, 5) is 10.7. The highest BCUT2D eigenvalue weighted by atomic mass is 16.6. The summed E-state index contributed by atoms with van der Waals surface area (Å²) in [6, 6.07) is 0. The van der Waals surface area contributed by atoms with Crippen LogP contribution < -0.4 is 11.5 Å². The van der Waals surface area contributed by atoms with Crippen molar-refractivity contribution in [2.75, 3.05) is 0 Å². The fraction of sp³-hybridized carbons (Fsp3) is 0.800. The Morgan fingerprint density at radius 3 is 2.22 bits per heavy atom. The van der Waals surface area contributed by atoms with Crippen LogP contribution >= 0.6 is 0 Å². The average Bonchev–Trinajstić information content (AvgIpc) is 2.44. The monoisotopic (exact) mass is 130 g/mol. The van der Waals surface area contributed by atoms with Gasteiger partial charge >= 0.3 is 0 Å². The number of hydrogen-bond donors (Lipinski definition) is 2. The Morgan fingerprint density at radius 1 is 1.67 bits per heavy atom. The standard InChI is InChI=1S/C5H10N2O2/c1-2-4(9-2)3(8)5(6)7/h2,4-5H,6-7H2,1H3. The number of nitrogens with two attached hydrogens (primary N) is 2. The molecule has 9 heavy (non-hydrogen) atoms. The van der Waals surface area contributed by atoms with Crippen molar-refractivity contribution < 1.29 is 9.53 Å². The third-order valence-corrected chi connectivity index (χ3v) is 1.32. The van der Waals surface area contributed by atoms with Gasteiger partial charge in [-0.15, -0.1) is 0 Å². The molecule has 1 heterocycles. The maximum absolute atomic E-state index is 10.7. The molecule has 1 fully saturated rings. The summed E-state index contributed by atoms with van der Waals surface area (Å²) in [6.07, 6.45) is -1.18. The van der Waals surface area contributed by atoms with Gasteiger partial charge in [-0.3, -0.25) is 4.79 Å². The molecule has 0 aromatic heterocycles. The SMILES string of the molecule is CC1OC1C(=O)C(N)N. The Kier molecular flexibility index (Phi) is 1.52. The van der Waals surface area contributed by atoms with Crippen molar-refractivity contribution >= 4 is 5.78 Å². The van der Waals surface area contributed by atoms with Gasteiger partial charge in [0.1, 0.15) is 12.3 Å². The van der Waals surface area contributed by atoms with Gasteiger partial charge in [-0.2, -0.15) is 0 Å². The van der Waals surface area contributed by atoms with Crippen molar-refractivity contribution in [2.24, 2.45) is 11.5 Å². The summed E-state index contributed by atoms with van der Waals surface area (Å²) in [5.74, 6) is -0.206. The van der Waals surface area contributed by atoms with E-state index in [1.54, 1.807) is 0 Å². The highest BCUT2D eigenvalue weighted by Crippen LogP contribution is 2.21. The Bertz CT molecular complexity index is 135. The Morgan fingerprint density at radius 2 is 2.11 bits per heavy atom. The molecule has 0 spiro atoms. The number of ketones is 1. The van der Waals surface area contributed by atoms with Gasteiger partial charge in [0.05, 0.1) is 6.10 Å². The number of epoxide rings is 1. The molecular formula is C5H10N2O2. The zero-order valence-corrected chi connectivity index (χ0v) is 5.20. The van der Waals surface area contributed by atoms with Crippen molar-refractivity contribution in [2.45, 2.75) is 25.3 Å². The van der Waals surface area contributed by atoms with Gasteiger partial charge in [-0.05, 0) is 6.92 Å². The summed E-state index contributed by atoms with van der Waals surface area (Å²) in [7, 11) is 0. The van der Waals surface area contributed by atoms with Crippen LogP contribution in [0.5, 0.6) is 0 Å². The van der Waals surface area contributed by atoms with Crippen molar-refractivity contribution in [3.63, 3.8) is 0 Å². The lowest BCUT2D eigenvalue weighted by Crippen LogP contribution is -2.42. The zero-order valence-electron chi connectivity index (χ0n) is 5.20. The predicted molar refractivity (Wildman–Crippen MR) is 31.5 cm³/mol. The number of carbonyl (C=O) groups is 1. The lowest BCUT2D eigenvalue weighted by atomic mass is 10.2. The molecule has 1 saturated heterocycles. The van der Waals surface area contributed by atoms with E-state index in [4.69, 9.17) is 16.2 Å². The van der Waals surface area contributed by atoms with E-state index in [9.17, 15) is 4.79 Å². The van der Waals surface area contributed by atoms with E-state index in [0.717, 1.165) is 0 Å². The second-order valence-corrected chi connectivity index (χ2v) is 2.19. The third-order valence-electron chi connectivity index (χ3n) is 1.32. The molecule has 4 heteroatoms. The van der Waals surface area contributed by atoms with Crippen molar-refractivity contribution in [1.29, 1.82) is 0 Å². The third kappa shape index (κ3) is 1.27. The molecule has 4 nitrogen and oxygen atoms in total. The first-order valence-electron chi connectivity index (χ1n) is 2.83. The molecule has 0 aromatic carbocycles. The van der Waals surface area contributed by atoms with Gasteiger partial charge in [-0.1, -0.05) is 0 Å². The molecule has 0 aromatic rings. The molecule has 1 rings (SSSR count). The zero-order chi connectivity index (χ0) is 7.02. The van der Waals surface area contributed by atoms with Crippen LogP contribution in [0.1, 0.15) is 6.92 Å². The van der Waals surface area contributed by atoms with E-state index < -0.39 is 6.17 Å². The Hall–Kier alpha value is -0.450. The predicted octanol–water partition coefficient (Wildman–Crippen LogP) is -1.41. The molecule has 0 bridgehead atoms. The highest BCUT2D eigenvalue weighted by Gasteiger charge is 2.42. The molecule has 0 aliphatic carbocycles. The number of hydrogen-bond acceptors (Lipinski definition) is 4. The first kappa shape index (κ1) is 6.67. The van der Waals surface area contributed by atoms with E-state index in [1.807, 2.05) is 6.92 Å². The Balaban J connectivity index is 2.36. The minimum Gasteiger partial charge on any atom is -0.361 e. The minimum absolute atomic E-state index is 0.0205. The second kappa shape index (κ2) is 2.06. The van der Waals surface area contributed by atoms with Crippen LogP contribution in [0.3, 0.4) is 0 Å². The molecule has 1 aliphatic rings. The summed E-state index contributed by atoms with van der Waals surface area (Å²) in [5.41, 5.74) is 10.2. The van der Waals surface area contributed by atoms with Crippen LogP contribution in [0.2, 0.25) is 0 Å². The van der Waals surface area contributed by atoms with Crippen molar-refractivity contribution in [1.82, 2.24) is 0 Å². The van der Waals surface area contributed by atoms with Crippen molar-refractivity contribution in [3.8, 4) is 0 Å². The average molecular weight is 130 g/mol. The van der Waals surface area contributed by atoms with Gasteiger partial charge in [0.15, 0.2) is 5.78 Å². The summed E-state index contributed by atoms with van der Waals surface area (Å²) >= 11 is 0. The van der Waals surface area contributed by atoms with Crippen LogP contribution in [-0.4, -0.2) is 24.2 Å². The number of rotatable bonds is 2. The molecule has 2 atom stereocenters. The Labute approximate surface area is 53.1 Å². The number of ether oxygens (including phenoxy) is 1. The molecule has 52 valence electrons. The van der Waals surface area contributed by atoms with Crippen LogP contribution in [-0.2, 0) is 9.53 Å². The van der Waals surface area contributed by atoms with E-state index in [1.165, 1.54) is 0 Å². The molecule has 0 saturated carbocycles. The normalized spacial score (nSPS) is 32.9. The summed E-state index contributed by atoms with van der Waals surface area (Å²) in [5, 5.41) is 0. The second-order valence-electron chi connectivity index (χ2n) is 2.19. The molecule has 2 unspecified atom stereocenters. The van der Waals surface area contributed by atoms with E-state index in [0.29, 0.717) is 0 Å².